The lowest BCUT2D eigenvalue weighted by atomic mass is 10.0. The van der Waals surface area contributed by atoms with Gasteiger partial charge < -0.3 is 23.9 Å². The maximum absolute atomic E-state index is 13.3. The SMILES string of the molecule is COc1cc2c(C(=O)O)c(-c3ccc(F)cc3)oc2cc1-c1nocc1CCO. The summed E-state index contributed by atoms with van der Waals surface area (Å²) in [4.78, 5) is 12.0. The number of aromatic nitrogens is 1. The van der Waals surface area contributed by atoms with E-state index in [4.69, 9.17) is 13.7 Å². The number of furan rings is 1. The Bertz CT molecular complexity index is 1190. The van der Waals surface area contributed by atoms with Crippen LogP contribution in [0.25, 0.3) is 33.6 Å². The van der Waals surface area contributed by atoms with Gasteiger partial charge in [0.1, 0.15) is 40.4 Å². The Hall–Kier alpha value is -3.65. The van der Waals surface area contributed by atoms with E-state index in [2.05, 4.69) is 5.16 Å². The lowest BCUT2D eigenvalue weighted by molar-refractivity contribution is 0.0699. The number of aliphatic hydroxyl groups is 1. The Morgan fingerprint density at radius 1 is 1.24 bits per heavy atom. The third kappa shape index (κ3) is 3.23. The van der Waals surface area contributed by atoms with Crippen molar-refractivity contribution in [3.63, 3.8) is 0 Å². The number of halogens is 1. The molecule has 0 aliphatic carbocycles. The van der Waals surface area contributed by atoms with Crippen LogP contribution in [0.1, 0.15) is 15.9 Å². The van der Waals surface area contributed by atoms with Crippen molar-refractivity contribution in [3.8, 4) is 28.3 Å². The monoisotopic (exact) mass is 397 g/mol. The molecule has 0 atom stereocenters. The third-order valence-electron chi connectivity index (χ3n) is 4.61. The van der Waals surface area contributed by atoms with Crippen molar-refractivity contribution in [2.75, 3.05) is 13.7 Å². The number of carboxylic acid groups (broad SMARTS) is 1. The number of aliphatic hydroxyl groups excluding tert-OH is 1. The normalized spacial score (nSPS) is 11.1. The summed E-state index contributed by atoms with van der Waals surface area (Å²) in [6.45, 7) is -0.0859. The molecule has 0 aliphatic rings. The Kier molecular flexibility index (Phi) is 4.77. The highest BCUT2D eigenvalue weighted by molar-refractivity contribution is 6.09. The molecule has 0 fully saturated rings. The van der Waals surface area contributed by atoms with Gasteiger partial charge in [0.05, 0.1) is 7.11 Å². The van der Waals surface area contributed by atoms with E-state index in [1.165, 1.54) is 37.6 Å². The summed E-state index contributed by atoms with van der Waals surface area (Å²) in [5, 5.41) is 23.3. The lowest BCUT2D eigenvalue weighted by Gasteiger charge is -2.07. The average molecular weight is 397 g/mol. The van der Waals surface area contributed by atoms with Crippen LogP contribution in [-0.2, 0) is 6.42 Å². The second kappa shape index (κ2) is 7.40. The molecule has 4 rings (SSSR count). The fraction of sp³-hybridized carbons (Fsp3) is 0.143. The summed E-state index contributed by atoms with van der Waals surface area (Å²) >= 11 is 0. The van der Waals surface area contributed by atoms with Crippen molar-refractivity contribution in [1.82, 2.24) is 5.16 Å². The van der Waals surface area contributed by atoms with Crippen molar-refractivity contribution in [1.29, 1.82) is 0 Å². The molecular formula is C21H16FNO6. The molecule has 4 aromatic rings. The molecular weight excluding hydrogens is 381 g/mol. The van der Waals surface area contributed by atoms with Crippen molar-refractivity contribution in [2.45, 2.75) is 6.42 Å². The van der Waals surface area contributed by atoms with Crippen LogP contribution >= 0.6 is 0 Å². The molecule has 0 saturated heterocycles. The highest BCUT2D eigenvalue weighted by atomic mass is 19.1. The van der Waals surface area contributed by atoms with Crippen molar-refractivity contribution in [3.05, 3.63) is 59.6 Å². The van der Waals surface area contributed by atoms with Gasteiger partial charge in [-0.2, -0.15) is 0 Å². The van der Waals surface area contributed by atoms with Crippen molar-refractivity contribution >= 4 is 16.9 Å². The molecule has 2 N–H and O–H groups in total. The number of nitrogens with zero attached hydrogens (tertiary/aromatic N) is 1. The predicted molar refractivity (Wildman–Crippen MR) is 101 cm³/mol. The van der Waals surface area contributed by atoms with Gasteiger partial charge in [-0.25, -0.2) is 9.18 Å². The second-order valence-electron chi connectivity index (χ2n) is 6.33. The Morgan fingerprint density at radius 3 is 2.66 bits per heavy atom. The minimum absolute atomic E-state index is 0.0489. The maximum atomic E-state index is 13.3. The van der Waals surface area contributed by atoms with Crippen LogP contribution in [-0.4, -0.2) is 35.1 Å². The molecule has 0 aliphatic heterocycles. The van der Waals surface area contributed by atoms with Gasteiger partial charge in [0.15, 0.2) is 0 Å². The molecule has 0 radical (unpaired) electrons. The molecule has 0 saturated carbocycles. The van der Waals surface area contributed by atoms with Crippen LogP contribution in [0.5, 0.6) is 5.75 Å². The molecule has 8 heteroatoms. The zero-order valence-electron chi connectivity index (χ0n) is 15.3. The Morgan fingerprint density at radius 2 is 2.00 bits per heavy atom. The number of carbonyl (C=O) groups is 1. The average Bonchev–Trinajstić information content (AvgIpc) is 3.31. The minimum atomic E-state index is -1.18. The van der Waals surface area contributed by atoms with Crippen LogP contribution < -0.4 is 4.74 Å². The first-order valence-corrected chi connectivity index (χ1v) is 8.71. The van der Waals surface area contributed by atoms with Crippen molar-refractivity contribution < 1.29 is 33.1 Å². The quantitative estimate of drug-likeness (QED) is 0.504. The zero-order valence-corrected chi connectivity index (χ0v) is 15.3. The number of ether oxygens (including phenoxy) is 1. The fourth-order valence-electron chi connectivity index (χ4n) is 3.27. The molecule has 29 heavy (non-hydrogen) atoms. The van der Waals surface area contributed by atoms with Gasteiger partial charge in [-0.15, -0.1) is 0 Å². The van der Waals surface area contributed by atoms with E-state index in [0.717, 1.165) is 0 Å². The van der Waals surface area contributed by atoms with E-state index in [9.17, 15) is 19.4 Å². The van der Waals surface area contributed by atoms with E-state index in [1.54, 1.807) is 12.1 Å². The minimum Gasteiger partial charge on any atom is -0.496 e. The molecule has 0 bridgehead atoms. The number of rotatable bonds is 6. The molecule has 2 aromatic heterocycles. The first kappa shape index (κ1) is 18.7. The number of methoxy groups -OCH3 is 1. The van der Waals surface area contributed by atoms with E-state index in [1.807, 2.05) is 0 Å². The topological polar surface area (TPSA) is 106 Å². The summed E-state index contributed by atoms with van der Waals surface area (Å²) in [6, 6.07) is 8.55. The zero-order chi connectivity index (χ0) is 20.5. The number of aromatic carboxylic acids is 1. The van der Waals surface area contributed by atoms with Gasteiger partial charge in [-0.1, -0.05) is 5.16 Å². The first-order chi connectivity index (χ1) is 14.0. The fourth-order valence-corrected chi connectivity index (χ4v) is 3.27. The van der Waals surface area contributed by atoms with Gasteiger partial charge in [0.25, 0.3) is 0 Å². The highest BCUT2D eigenvalue weighted by Crippen LogP contribution is 2.41. The van der Waals surface area contributed by atoms with E-state index in [-0.39, 0.29) is 17.9 Å². The molecule has 148 valence electrons. The number of benzene rings is 2. The lowest BCUT2D eigenvalue weighted by Crippen LogP contribution is -1.98. The number of hydrogen-bond acceptors (Lipinski definition) is 6. The summed E-state index contributed by atoms with van der Waals surface area (Å²) in [5.74, 6) is -1.13. The van der Waals surface area contributed by atoms with E-state index < -0.39 is 11.8 Å². The van der Waals surface area contributed by atoms with Gasteiger partial charge in [-0.3, -0.25) is 0 Å². The predicted octanol–water partition coefficient (Wildman–Crippen LogP) is 4.14. The summed E-state index contributed by atoms with van der Waals surface area (Å²) in [7, 11) is 1.46. The van der Waals surface area contributed by atoms with Gasteiger partial charge >= 0.3 is 5.97 Å². The molecule has 0 amide bonds. The summed E-state index contributed by atoms with van der Waals surface area (Å²) in [6.07, 6.45) is 1.77. The standard InChI is InChI=1S/C21H16FNO6/c1-27-16-8-14-17(9-15(16)19-12(6-7-24)10-28-23-19)29-20(18(14)21(25)26)11-2-4-13(22)5-3-11/h2-5,8-10,24H,6-7H2,1H3,(H,25,26). The number of fused-ring (bicyclic) bond motifs is 1. The molecule has 0 spiro atoms. The maximum Gasteiger partial charge on any atom is 0.340 e. The first-order valence-electron chi connectivity index (χ1n) is 8.71. The second-order valence-corrected chi connectivity index (χ2v) is 6.33. The smallest absolute Gasteiger partial charge is 0.340 e. The number of hydrogen-bond donors (Lipinski definition) is 2. The van der Waals surface area contributed by atoms with Crippen LogP contribution in [0, 0.1) is 5.82 Å². The number of carboxylic acids is 1. The molecule has 0 unspecified atom stereocenters. The van der Waals surface area contributed by atoms with Crippen LogP contribution in [0.15, 0.2) is 51.6 Å². The van der Waals surface area contributed by atoms with Crippen molar-refractivity contribution in [2.24, 2.45) is 0 Å². The molecule has 2 heterocycles. The van der Waals surface area contributed by atoms with Gasteiger partial charge in [-0.05, 0) is 36.4 Å². The van der Waals surface area contributed by atoms with Crippen LogP contribution in [0.4, 0.5) is 4.39 Å². The summed E-state index contributed by atoms with van der Waals surface area (Å²) < 4.78 is 29.6. The van der Waals surface area contributed by atoms with Crippen LogP contribution in [0.2, 0.25) is 0 Å². The third-order valence-corrected chi connectivity index (χ3v) is 4.61. The Balaban J connectivity index is 1.97. The van der Waals surface area contributed by atoms with Gasteiger partial charge in [0, 0.05) is 35.1 Å². The largest absolute Gasteiger partial charge is 0.496 e. The molecule has 2 aromatic carbocycles. The summed E-state index contributed by atoms with van der Waals surface area (Å²) in [5.41, 5.74) is 2.36. The van der Waals surface area contributed by atoms with Gasteiger partial charge in [0.2, 0.25) is 0 Å². The van der Waals surface area contributed by atoms with E-state index in [0.29, 0.717) is 45.5 Å². The Labute approximate surface area is 163 Å². The van der Waals surface area contributed by atoms with E-state index >= 15 is 0 Å². The molecule has 7 nitrogen and oxygen atoms in total. The van der Waals surface area contributed by atoms with Crippen LogP contribution in [0.3, 0.4) is 0 Å². The highest BCUT2D eigenvalue weighted by Gasteiger charge is 2.25.